The number of alkyl halides is 2. The van der Waals surface area contributed by atoms with Crippen LogP contribution in [0.4, 0.5) is 8.78 Å². The summed E-state index contributed by atoms with van der Waals surface area (Å²) in [6.07, 6.45) is 5.86. The lowest BCUT2D eigenvalue weighted by molar-refractivity contribution is -0.156. The molecule has 0 spiro atoms. The SMILES string of the molecule is CS(c1ccccc1)(c1ccccc1)c1ccccc1.O=C(OCC(F)(F)S(=O)(=O)O)C1CC2CCC1C2. The molecule has 204 valence electrons. The van der Waals surface area contributed by atoms with Gasteiger partial charge in [-0.3, -0.25) is 9.35 Å². The number of ether oxygens (including phenoxy) is 1. The van der Waals surface area contributed by atoms with Crippen molar-refractivity contribution in [2.45, 2.75) is 45.6 Å². The Morgan fingerprint density at radius 3 is 1.63 bits per heavy atom. The van der Waals surface area contributed by atoms with Gasteiger partial charge < -0.3 is 4.74 Å². The van der Waals surface area contributed by atoms with E-state index in [0.29, 0.717) is 12.3 Å². The minimum absolute atomic E-state index is 0.168. The van der Waals surface area contributed by atoms with Crippen molar-refractivity contribution in [2.75, 3.05) is 12.9 Å². The molecule has 5 nitrogen and oxygen atoms in total. The second kappa shape index (κ2) is 11.6. The van der Waals surface area contributed by atoms with Crippen LogP contribution in [0.3, 0.4) is 0 Å². The van der Waals surface area contributed by atoms with Crippen LogP contribution in [-0.4, -0.2) is 37.1 Å². The number of hydrogen-bond acceptors (Lipinski definition) is 4. The minimum Gasteiger partial charge on any atom is -0.458 e. The van der Waals surface area contributed by atoms with E-state index in [1.807, 2.05) is 0 Å². The second-order valence-corrected chi connectivity index (χ2v) is 14.7. The predicted molar refractivity (Wildman–Crippen MR) is 144 cm³/mol. The number of rotatable bonds is 7. The molecule has 3 aromatic rings. The van der Waals surface area contributed by atoms with Crippen LogP contribution in [0.5, 0.6) is 0 Å². The van der Waals surface area contributed by atoms with Crippen LogP contribution < -0.4 is 0 Å². The van der Waals surface area contributed by atoms with Crippen molar-refractivity contribution in [2.24, 2.45) is 17.8 Å². The molecule has 3 aromatic carbocycles. The zero-order valence-electron chi connectivity index (χ0n) is 21.1. The summed E-state index contributed by atoms with van der Waals surface area (Å²) in [4.78, 5) is 15.8. The standard InChI is InChI=1S/C19H18S.C10H14F2O5S/c1-20(17-11-5-2-6-12-17,18-13-7-3-8-14-18)19-15-9-4-10-16-19;11-10(12,18(14,15)16)5-17-9(13)8-4-6-1-2-7(8)3-6/h2-16H,1H3;6-8H,1-5H2,(H,14,15,16). The highest BCUT2D eigenvalue weighted by Crippen LogP contribution is 2.65. The molecular formula is C29H32F2O5S2. The van der Waals surface area contributed by atoms with E-state index < -0.39 is 43.9 Å². The summed E-state index contributed by atoms with van der Waals surface area (Å²) in [6, 6.07) is 32.5. The molecule has 1 N–H and O–H groups in total. The normalized spacial score (nSPS) is 21.3. The highest BCUT2D eigenvalue weighted by molar-refractivity contribution is 8.33. The van der Waals surface area contributed by atoms with Crippen molar-refractivity contribution in [3.05, 3.63) is 91.0 Å². The van der Waals surface area contributed by atoms with Crippen LogP contribution in [0.2, 0.25) is 0 Å². The van der Waals surface area contributed by atoms with E-state index >= 15 is 0 Å². The van der Waals surface area contributed by atoms with Crippen LogP contribution in [0.25, 0.3) is 0 Å². The fourth-order valence-corrected chi connectivity index (χ4v) is 8.49. The number of carbonyl (C=O) groups excluding carboxylic acids is 1. The molecule has 0 aliphatic heterocycles. The third kappa shape index (κ3) is 6.11. The molecule has 3 atom stereocenters. The molecule has 38 heavy (non-hydrogen) atoms. The van der Waals surface area contributed by atoms with E-state index in [2.05, 4.69) is 102 Å². The summed E-state index contributed by atoms with van der Waals surface area (Å²) in [6.45, 7) is -1.63. The van der Waals surface area contributed by atoms with Crippen molar-refractivity contribution in [3.63, 3.8) is 0 Å². The number of hydrogen-bond donors (Lipinski definition) is 1. The maximum absolute atomic E-state index is 12.9. The maximum Gasteiger partial charge on any atom is 0.402 e. The molecule has 0 radical (unpaired) electrons. The lowest BCUT2D eigenvalue weighted by Crippen LogP contribution is -2.36. The second-order valence-electron chi connectivity index (χ2n) is 9.86. The maximum atomic E-state index is 12.9. The Bertz CT molecular complexity index is 1220. The van der Waals surface area contributed by atoms with Gasteiger partial charge in [-0.2, -0.15) is 27.2 Å². The first-order valence-corrected chi connectivity index (χ1v) is 16.0. The van der Waals surface area contributed by atoms with Gasteiger partial charge in [0.25, 0.3) is 0 Å². The molecule has 5 rings (SSSR count). The molecule has 3 unspecified atom stereocenters. The van der Waals surface area contributed by atoms with E-state index in [1.165, 1.54) is 14.7 Å². The third-order valence-electron chi connectivity index (χ3n) is 7.44. The molecule has 0 amide bonds. The van der Waals surface area contributed by atoms with Gasteiger partial charge in [0.1, 0.15) is 0 Å². The van der Waals surface area contributed by atoms with Gasteiger partial charge in [0.2, 0.25) is 0 Å². The Morgan fingerprint density at radius 2 is 1.29 bits per heavy atom. The topological polar surface area (TPSA) is 80.7 Å². The van der Waals surface area contributed by atoms with E-state index in [-0.39, 0.29) is 5.92 Å². The number of benzene rings is 3. The lowest BCUT2D eigenvalue weighted by atomic mass is 9.89. The highest BCUT2D eigenvalue weighted by atomic mass is 32.3. The first kappa shape index (κ1) is 28.3. The molecule has 2 bridgehead atoms. The van der Waals surface area contributed by atoms with Gasteiger partial charge >= 0.3 is 21.3 Å². The number of fused-ring (bicyclic) bond motifs is 2. The smallest absolute Gasteiger partial charge is 0.402 e. The van der Waals surface area contributed by atoms with Gasteiger partial charge in [-0.1, -0.05) is 61.0 Å². The summed E-state index contributed by atoms with van der Waals surface area (Å²) in [5.41, 5.74) is 0. The fraction of sp³-hybridized carbons (Fsp3) is 0.345. The number of esters is 1. The molecule has 2 saturated carbocycles. The molecule has 0 heterocycles. The molecule has 2 aliphatic carbocycles. The Morgan fingerprint density at radius 1 is 0.842 bits per heavy atom. The molecule has 9 heteroatoms. The van der Waals surface area contributed by atoms with Crippen LogP contribution in [0, 0.1) is 17.8 Å². The van der Waals surface area contributed by atoms with Gasteiger partial charge in [0.15, 0.2) is 6.61 Å². The van der Waals surface area contributed by atoms with Gasteiger partial charge in [-0.05, 0) is 88.4 Å². The van der Waals surface area contributed by atoms with E-state index in [9.17, 15) is 22.0 Å². The first-order valence-electron chi connectivity index (χ1n) is 12.5. The van der Waals surface area contributed by atoms with Crippen molar-refractivity contribution in [1.29, 1.82) is 0 Å². The van der Waals surface area contributed by atoms with Crippen LogP contribution in [0.1, 0.15) is 25.7 Å². The van der Waals surface area contributed by atoms with Gasteiger partial charge in [0, 0.05) is 0 Å². The average molecular weight is 563 g/mol. The number of carbonyl (C=O) groups is 1. The number of halogens is 2. The van der Waals surface area contributed by atoms with E-state index in [1.54, 1.807) is 0 Å². The molecular weight excluding hydrogens is 530 g/mol. The Hall–Kier alpha value is -2.75. The van der Waals surface area contributed by atoms with E-state index in [0.717, 1.165) is 19.3 Å². The molecule has 2 fully saturated rings. The Balaban J connectivity index is 0.000000178. The van der Waals surface area contributed by atoms with E-state index in [4.69, 9.17) is 4.55 Å². The van der Waals surface area contributed by atoms with Crippen molar-refractivity contribution in [1.82, 2.24) is 0 Å². The van der Waals surface area contributed by atoms with Gasteiger partial charge in [0.05, 0.1) is 5.92 Å². The summed E-state index contributed by atoms with van der Waals surface area (Å²) in [7, 11) is -6.72. The lowest BCUT2D eigenvalue weighted by Gasteiger charge is -2.37. The highest BCUT2D eigenvalue weighted by Gasteiger charge is 2.48. The van der Waals surface area contributed by atoms with Crippen molar-refractivity contribution >= 4 is 26.1 Å². The van der Waals surface area contributed by atoms with Gasteiger partial charge in [-0.15, -0.1) is 0 Å². The zero-order valence-corrected chi connectivity index (χ0v) is 22.7. The summed E-state index contributed by atoms with van der Waals surface area (Å²) in [5.74, 6) is -0.567. The van der Waals surface area contributed by atoms with Crippen LogP contribution >= 0.6 is 10.0 Å². The fourth-order valence-electron chi connectivity index (χ4n) is 5.36. The largest absolute Gasteiger partial charge is 0.458 e. The summed E-state index contributed by atoms with van der Waals surface area (Å²) < 4.78 is 59.0. The predicted octanol–water partition coefficient (Wildman–Crippen LogP) is 7.04. The molecule has 0 saturated heterocycles. The van der Waals surface area contributed by atoms with Crippen LogP contribution in [-0.2, 0) is 19.6 Å². The average Bonchev–Trinajstić information content (AvgIpc) is 3.57. The van der Waals surface area contributed by atoms with Crippen molar-refractivity contribution in [3.8, 4) is 0 Å². The molecule has 2 aliphatic rings. The van der Waals surface area contributed by atoms with Gasteiger partial charge in [-0.25, -0.2) is 0 Å². The summed E-state index contributed by atoms with van der Waals surface area (Å²) in [5, 5.41) is -4.44. The first-order chi connectivity index (χ1) is 18.0. The minimum atomic E-state index is -5.54. The third-order valence-corrected chi connectivity index (χ3v) is 12.0. The Kier molecular flexibility index (Phi) is 8.59. The summed E-state index contributed by atoms with van der Waals surface area (Å²) >= 11 is 0. The quantitative estimate of drug-likeness (QED) is 0.247. The zero-order chi connectivity index (χ0) is 27.4. The molecule has 0 aromatic heterocycles. The van der Waals surface area contributed by atoms with Crippen LogP contribution in [0.15, 0.2) is 106 Å². The Labute approximate surface area is 224 Å². The monoisotopic (exact) mass is 562 g/mol. The van der Waals surface area contributed by atoms with Crippen molar-refractivity contribution < 1.29 is 31.3 Å².